The Morgan fingerprint density at radius 1 is 1.25 bits per heavy atom. The van der Waals surface area contributed by atoms with Gasteiger partial charge < -0.3 is 0 Å². The minimum absolute atomic E-state index is 0.474. The van der Waals surface area contributed by atoms with Gasteiger partial charge in [0, 0.05) is 6.20 Å². The maximum atomic E-state index is 4.43. The first-order chi connectivity index (χ1) is 7.57. The fourth-order valence-electron chi connectivity index (χ4n) is 3.41. The van der Waals surface area contributed by atoms with E-state index in [1.165, 1.54) is 17.7 Å². The topological polar surface area (TPSA) is 12.9 Å². The van der Waals surface area contributed by atoms with Gasteiger partial charge in [-0.25, -0.2) is 0 Å². The van der Waals surface area contributed by atoms with Crippen molar-refractivity contribution in [2.24, 2.45) is 23.2 Å². The molecule has 0 aliphatic heterocycles. The molecule has 1 saturated carbocycles. The van der Waals surface area contributed by atoms with Gasteiger partial charge in [0.2, 0.25) is 0 Å². The molecule has 84 valence electrons. The monoisotopic (exact) mass is 213 g/mol. The SMILES string of the molecule is CC(C)(C)C1C2C=C(c3ccccn3)CC21. The minimum Gasteiger partial charge on any atom is -0.257 e. The van der Waals surface area contributed by atoms with Crippen LogP contribution >= 0.6 is 0 Å². The average Bonchev–Trinajstić information content (AvgIpc) is 2.78. The Morgan fingerprint density at radius 3 is 2.56 bits per heavy atom. The van der Waals surface area contributed by atoms with Crippen LogP contribution in [-0.4, -0.2) is 4.98 Å². The summed E-state index contributed by atoms with van der Waals surface area (Å²) in [5.41, 5.74) is 3.13. The van der Waals surface area contributed by atoms with Gasteiger partial charge in [-0.1, -0.05) is 32.9 Å². The molecule has 1 heteroatoms. The Morgan fingerprint density at radius 2 is 2.06 bits per heavy atom. The summed E-state index contributed by atoms with van der Waals surface area (Å²) in [6.07, 6.45) is 5.61. The number of rotatable bonds is 1. The van der Waals surface area contributed by atoms with Gasteiger partial charge in [0.15, 0.2) is 0 Å². The fraction of sp³-hybridized carbons (Fsp3) is 0.533. The van der Waals surface area contributed by atoms with Crippen molar-refractivity contribution in [1.29, 1.82) is 0 Å². The van der Waals surface area contributed by atoms with E-state index in [1.54, 1.807) is 0 Å². The van der Waals surface area contributed by atoms with Gasteiger partial charge in [0.25, 0.3) is 0 Å². The van der Waals surface area contributed by atoms with Crippen LogP contribution in [0.25, 0.3) is 5.57 Å². The summed E-state index contributed by atoms with van der Waals surface area (Å²) in [6, 6.07) is 6.19. The molecule has 0 bridgehead atoms. The van der Waals surface area contributed by atoms with Crippen molar-refractivity contribution in [2.75, 3.05) is 0 Å². The van der Waals surface area contributed by atoms with Crippen LogP contribution in [-0.2, 0) is 0 Å². The smallest absolute Gasteiger partial charge is 0.0658 e. The molecule has 0 saturated heterocycles. The molecule has 2 aliphatic carbocycles. The van der Waals surface area contributed by atoms with Crippen molar-refractivity contribution in [3.63, 3.8) is 0 Å². The predicted molar refractivity (Wildman–Crippen MR) is 66.8 cm³/mol. The van der Waals surface area contributed by atoms with Crippen LogP contribution in [0.2, 0.25) is 0 Å². The zero-order chi connectivity index (χ0) is 11.3. The summed E-state index contributed by atoms with van der Waals surface area (Å²) in [7, 11) is 0. The van der Waals surface area contributed by atoms with Crippen molar-refractivity contribution >= 4 is 5.57 Å². The fourth-order valence-corrected chi connectivity index (χ4v) is 3.41. The summed E-state index contributed by atoms with van der Waals surface area (Å²) < 4.78 is 0. The van der Waals surface area contributed by atoms with Crippen LogP contribution in [0.15, 0.2) is 30.5 Å². The molecular formula is C15H19N. The third kappa shape index (κ3) is 1.50. The summed E-state index contributed by atoms with van der Waals surface area (Å²) in [5, 5.41) is 0. The third-order valence-electron chi connectivity index (χ3n) is 4.07. The highest BCUT2D eigenvalue weighted by Gasteiger charge is 2.57. The molecule has 0 amide bonds. The molecule has 1 aromatic heterocycles. The van der Waals surface area contributed by atoms with E-state index in [4.69, 9.17) is 0 Å². The molecular weight excluding hydrogens is 194 g/mol. The van der Waals surface area contributed by atoms with E-state index in [2.05, 4.69) is 44.0 Å². The van der Waals surface area contributed by atoms with Crippen LogP contribution in [0.1, 0.15) is 32.9 Å². The first kappa shape index (κ1) is 10.1. The molecule has 1 aromatic rings. The lowest BCUT2D eigenvalue weighted by Gasteiger charge is -2.20. The third-order valence-corrected chi connectivity index (χ3v) is 4.07. The molecule has 0 radical (unpaired) electrons. The highest BCUT2D eigenvalue weighted by atomic mass is 14.7. The highest BCUT2D eigenvalue weighted by molar-refractivity contribution is 5.67. The molecule has 0 spiro atoms. The number of hydrogen-bond donors (Lipinski definition) is 0. The molecule has 0 N–H and O–H groups in total. The standard InChI is InChI=1S/C15H19N/c1-15(2,3)14-11-8-10(9-12(11)14)13-6-4-5-7-16-13/h4-8,11-12,14H,9H2,1-3H3. The number of pyridine rings is 1. The predicted octanol–water partition coefficient (Wildman–Crippen LogP) is 3.78. The number of allylic oxidation sites excluding steroid dienone is 2. The zero-order valence-electron chi connectivity index (χ0n) is 10.3. The van der Waals surface area contributed by atoms with E-state index in [0.29, 0.717) is 5.41 Å². The molecule has 1 nitrogen and oxygen atoms in total. The van der Waals surface area contributed by atoms with Crippen LogP contribution < -0.4 is 0 Å². The average molecular weight is 213 g/mol. The lowest BCUT2D eigenvalue weighted by molar-refractivity contribution is 0.322. The first-order valence-electron chi connectivity index (χ1n) is 6.19. The van der Waals surface area contributed by atoms with E-state index in [-0.39, 0.29) is 0 Å². The number of aromatic nitrogens is 1. The Hall–Kier alpha value is -1.11. The maximum Gasteiger partial charge on any atom is 0.0658 e. The Labute approximate surface area is 97.6 Å². The van der Waals surface area contributed by atoms with Crippen molar-refractivity contribution < 1.29 is 0 Å². The lowest BCUT2D eigenvalue weighted by atomic mass is 9.85. The molecule has 3 rings (SSSR count). The van der Waals surface area contributed by atoms with Crippen molar-refractivity contribution in [2.45, 2.75) is 27.2 Å². The van der Waals surface area contributed by atoms with Crippen molar-refractivity contribution in [3.05, 3.63) is 36.2 Å². The van der Waals surface area contributed by atoms with Gasteiger partial charge in [-0.3, -0.25) is 4.98 Å². The van der Waals surface area contributed by atoms with Crippen LogP contribution in [0.4, 0.5) is 0 Å². The molecule has 0 aromatic carbocycles. The first-order valence-corrected chi connectivity index (χ1v) is 6.19. The quantitative estimate of drug-likeness (QED) is 0.692. The second-order valence-electron chi connectivity index (χ2n) is 6.24. The van der Waals surface area contributed by atoms with Gasteiger partial charge in [0.05, 0.1) is 5.69 Å². The van der Waals surface area contributed by atoms with Crippen LogP contribution in [0.5, 0.6) is 0 Å². The summed E-state index contributed by atoms with van der Waals surface area (Å²) in [5.74, 6) is 2.63. The second-order valence-corrected chi connectivity index (χ2v) is 6.24. The van der Waals surface area contributed by atoms with E-state index < -0.39 is 0 Å². The normalized spacial score (nSPS) is 32.2. The Balaban J connectivity index is 1.79. The molecule has 16 heavy (non-hydrogen) atoms. The van der Waals surface area contributed by atoms with Gasteiger partial charge >= 0.3 is 0 Å². The number of nitrogens with zero attached hydrogens (tertiary/aromatic N) is 1. The number of hydrogen-bond acceptors (Lipinski definition) is 1. The zero-order valence-corrected chi connectivity index (χ0v) is 10.3. The molecule has 2 aliphatic rings. The second kappa shape index (κ2) is 3.19. The molecule has 1 fully saturated rings. The Bertz CT molecular complexity index is 424. The van der Waals surface area contributed by atoms with E-state index in [1.807, 2.05) is 12.3 Å². The van der Waals surface area contributed by atoms with Gasteiger partial charge in [-0.15, -0.1) is 0 Å². The molecule has 3 atom stereocenters. The number of fused-ring (bicyclic) bond motifs is 1. The summed E-state index contributed by atoms with van der Waals surface area (Å²) in [4.78, 5) is 4.43. The minimum atomic E-state index is 0.474. The van der Waals surface area contributed by atoms with Crippen LogP contribution in [0.3, 0.4) is 0 Å². The summed E-state index contributed by atoms with van der Waals surface area (Å²) in [6.45, 7) is 7.10. The highest BCUT2D eigenvalue weighted by Crippen LogP contribution is 2.64. The molecule has 1 heterocycles. The lowest BCUT2D eigenvalue weighted by Crippen LogP contribution is -2.11. The van der Waals surface area contributed by atoms with Gasteiger partial charge in [0.1, 0.15) is 0 Å². The van der Waals surface area contributed by atoms with Crippen LogP contribution in [0, 0.1) is 23.2 Å². The van der Waals surface area contributed by atoms with Crippen molar-refractivity contribution in [1.82, 2.24) is 4.98 Å². The van der Waals surface area contributed by atoms with Gasteiger partial charge in [-0.05, 0) is 47.3 Å². The van der Waals surface area contributed by atoms with Crippen molar-refractivity contribution in [3.8, 4) is 0 Å². The van der Waals surface area contributed by atoms with E-state index in [0.717, 1.165) is 17.8 Å². The Kier molecular flexibility index (Phi) is 2.01. The van der Waals surface area contributed by atoms with E-state index in [9.17, 15) is 0 Å². The van der Waals surface area contributed by atoms with Gasteiger partial charge in [-0.2, -0.15) is 0 Å². The summed E-state index contributed by atoms with van der Waals surface area (Å²) >= 11 is 0. The van der Waals surface area contributed by atoms with E-state index >= 15 is 0 Å². The largest absolute Gasteiger partial charge is 0.257 e. The molecule has 3 unspecified atom stereocenters. The maximum absolute atomic E-state index is 4.43.